The van der Waals surface area contributed by atoms with Crippen LogP contribution in [0.3, 0.4) is 0 Å². The third-order valence-corrected chi connectivity index (χ3v) is 4.57. The van der Waals surface area contributed by atoms with Gasteiger partial charge in [0.2, 0.25) is 0 Å². The molecule has 1 aliphatic heterocycles. The van der Waals surface area contributed by atoms with E-state index in [1.54, 1.807) is 7.11 Å². The fourth-order valence-electron chi connectivity index (χ4n) is 3.12. The Kier molecular flexibility index (Phi) is 4.99. The molecule has 126 valence electrons. The molecule has 1 fully saturated rings. The summed E-state index contributed by atoms with van der Waals surface area (Å²) < 4.78 is 5.15. The molecule has 5 heteroatoms. The normalized spacial score (nSPS) is 17.4. The van der Waals surface area contributed by atoms with Gasteiger partial charge in [-0.2, -0.15) is 0 Å². The van der Waals surface area contributed by atoms with E-state index in [-0.39, 0.29) is 11.9 Å². The van der Waals surface area contributed by atoms with Gasteiger partial charge in [-0.3, -0.25) is 4.79 Å². The summed E-state index contributed by atoms with van der Waals surface area (Å²) in [6.45, 7) is 1.80. The van der Waals surface area contributed by atoms with E-state index in [1.165, 1.54) is 0 Å². The SMILES string of the molecule is COc1ccc(C(=O)N(C)C2CCCN(c3ccccn3)C2)cc1. The van der Waals surface area contributed by atoms with Gasteiger partial charge in [0.1, 0.15) is 11.6 Å². The Bertz CT molecular complexity index is 673. The van der Waals surface area contributed by atoms with E-state index in [2.05, 4.69) is 9.88 Å². The van der Waals surface area contributed by atoms with Crippen LogP contribution in [0.25, 0.3) is 0 Å². The Labute approximate surface area is 142 Å². The predicted octanol–water partition coefficient (Wildman–Crippen LogP) is 2.83. The van der Waals surface area contributed by atoms with Crippen LogP contribution in [0.4, 0.5) is 5.82 Å². The van der Waals surface area contributed by atoms with Gasteiger partial charge < -0.3 is 14.5 Å². The van der Waals surface area contributed by atoms with E-state index in [0.29, 0.717) is 5.56 Å². The van der Waals surface area contributed by atoms with Gasteiger partial charge in [-0.15, -0.1) is 0 Å². The van der Waals surface area contributed by atoms with Crippen molar-refractivity contribution in [3.05, 3.63) is 54.2 Å². The lowest BCUT2D eigenvalue weighted by atomic mass is 10.0. The first-order valence-electron chi connectivity index (χ1n) is 8.26. The van der Waals surface area contributed by atoms with Gasteiger partial charge in [0.15, 0.2) is 0 Å². The van der Waals surface area contributed by atoms with Gasteiger partial charge in [0.25, 0.3) is 5.91 Å². The van der Waals surface area contributed by atoms with Gasteiger partial charge in [0.05, 0.1) is 7.11 Å². The summed E-state index contributed by atoms with van der Waals surface area (Å²) in [5, 5.41) is 0. The van der Waals surface area contributed by atoms with Crippen molar-refractivity contribution in [3.63, 3.8) is 0 Å². The zero-order valence-electron chi connectivity index (χ0n) is 14.2. The fraction of sp³-hybridized carbons (Fsp3) is 0.368. The number of hydrogen-bond acceptors (Lipinski definition) is 4. The third kappa shape index (κ3) is 3.50. The van der Waals surface area contributed by atoms with Crippen LogP contribution in [0.2, 0.25) is 0 Å². The molecule has 0 bridgehead atoms. The number of nitrogens with zero attached hydrogens (tertiary/aromatic N) is 3. The molecule has 3 rings (SSSR count). The van der Waals surface area contributed by atoms with Crippen LogP contribution in [-0.2, 0) is 0 Å². The highest BCUT2D eigenvalue weighted by molar-refractivity contribution is 5.94. The molecule has 0 aliphatic carbocycles. The first-order valence-corrected chi connectivity index (χ1v) is 8.26. The minimum atomic E-state index is 0.0468. The first-order chi connectivity index (χ1) is 11.7. The Morgan fingerprint density at radius 2 is 2.04 bits per heavy atom. The monoisotopic (exact) mass is 325 g/mol. The average Bonchev–Trinajstić information content (AvgIpc) is 2.67. The van der Waals surface area contributed by atoms with Crippen molar-refractivity contribution in [2.45, 2.75) is 18.9 Å². The second-order valence-electron chi connectivity index (χ2n) is 6.07. The maximum absolute atomic E-state index is 12.7. The zero-order valence-corrected chi connectivity index (χ0v) is 14.2. The van der Waals surface area contributed by atoms with Crippen molar-refractivity contribution in [1.29, 1.82) is 0 Å². The number of amides is 1. The van der Waals surface area contributed by atoms with Crippen LogP contribution in [0, 0.1) is 0 Å². The summed E-state index contributed by atoms with van der Waals surface area (Å²) in [4.78, 5) is 21.3. The number of benzene rings is 1. The minimum absolute atomic E-state index is 0.0468. The molecule has 5 nitrogen and oxygen atoms in total. The van der Waals surface area contributed by atoms with Gasteiger partial charge in [0, 0.05) is 37.9 Å². The number of likely N-dealkylation sites (N-methyl/N-ethyl adjacent to an activating group) is 1. The Hall–Kier alpha value is -2.56. The van der Waals surface area contributed by atoms with E-state index in [9.17, 15) is 4.79 Å². The molecule has 0 spiro atoms. The lowest BCUT2D eigenvalue weighted by Crippen LogP contribution is -2.48. The Morgan fingerprint density at radius 1 is 1.25 bits per heavy atom. The average molecular weight is 325 g/mol. The molecule has 1 unspecified atom stereocenters. The molecular formula is C19H23N3O2. The second kappa shape index (κ2) is 7.34. The Balaban J connectivity index is 1.69. The molecule has 1 saturated heterocycles. The van der Waals surface area contributed by atoms with Crippen molar-refractivity contribution in [3.8, 4) is 5.75 Å². The fourth-order valence-corrected chi connectivity index (χ4v) is 3.12. The molecule has 2 heterocycles. The van der Waals surface area contributed by atoms with Crippen molar-refractivity contribution in [2.75, 3.05) is 32.1 Å². The molecule has 2 aromatic rings. The summed E-state index contributed by atoms with van der Waals surface area (Å²) >= 11 is 0. The number of aromatic nitrogens is 1. The summed E-state index contributed by atoms with van der Waals surface area (Å²) in [5.41, 5.74) is 0.688. The smallest absolute Gasteiger partial charge is 0.253 e. The van der Waals surface area contributed by atoms with E-state index >= 15 is 0 Å². The third-order valence-electron chi connectivity index (χ3n) is 4.57. The number of piperidine rings is 1. The van der Waals surface area contributed by atoms with Gasteiger partial charge in [-0.25, -0.2) is 4.98 Å². The van der Waals surface area contributed by atoms with E-state index in [0.717, 1.165) is 37.5 Å². The molecule has 1 aromatic carbocycles. The number of pyridine rings is 1. The quantitative estimate of drug-likeness (QED) is 0.867. The predicted molar refractivity (Wildman–Crippen MR) is 94.6 cm³/mol. The maximum atomic E-state index is 12.7. The number of rotatable bonds is 4. The van der Waals surface area contributed by atoms with Gasteiger partial charge in [-0.05, 0) is 49.2 Å². The number of anilines is 1. The van der Waals surface area contributed by atoms with E-state index < -0.39 is 0 Å². The number of methoxy groups -OCH3 is 1. The number of carbonyl (C=O) groups is 1. The molecule has 1 amide bonds. The van der Waals surface area contributed by atoms with Crippen LogP contribution in [-0.4, -0.2) is 49.1 Å². The molecule has 0 N–H and O–H groups in total. The van der Waals surface area contributed by atoms with Crippen molar-refractivity contribution in [1.82, 2.24) is 9.88 Å². The molecular weight excluding hydrogens is 302 g/mol. The second-order valence-corrected chi connectivity index (χ2v) is 6.07. The van der Waals surface area contributed by atoms with Gasteiger partial charge in [-0.1, -0.05) is 6.07 Å². The zero-order chi connectivity index (χ0) is 16.9. The van der Waals surface area contributed by atoms with Crippen LogP contribution in [0.15, 0.2) is 48.7 Å². The van der Waals surface area contributed by atoms with Gasteiger partial charge >= 0.3 is 0 Å². The molecule has 1 atom stereocenters. The molecule has 1 aromatic heterocycles. The summed E-state index contributed by atoms with van der Waals surface area (Å²) in [6, 6.07) is 13.4. The van der Waals surface area contributed by atoms with E-state index in [1.807, 2.05) is 60.6 Å². The molecule has 24 heavy (non-hydrogen) atoms. The summed E-state index contributed by atoms with van der Waals surface area (Å²) in [6.07, 6.45) is 3.88. The van der Waals surface area contributed by atoms with Crippen LogP contribution in [0.1, 0.15) is 23.2 Å². The van der Waals surface area contributed by atoms with Crippen LogP contribution >= 0.6 is 0 Å². The van der Waals surface area contributed by atoms with Crippen molar-refractivity contribution >= 4 is 11.7 Å². The molecule has 0 radical (unpaired) electrons. The molecule has 1 aliphatic rings. The summed E-state index contributed by atoms with van der Waals surface area (Å²) in [7, 11) is 3.51. The van der Waals surface area contributed by atoms with Crippen LogP contribution in [0.5, 0.6) is 5.75 Å². The highest BCUT2D eigenvalue weighted by Gasteiger charge is 2.27. The highest BCUT2D eigenvalue weighted by Crippen LogP contribution is 2.21. The largest absolute Gasteiger partial charge is 0.497 e. The Morgan fingerprint density at radius 3 is 2.71 bits per heavy atom. The van der Waals surface area contributed by atoms with E-state index in [4.69, 9.17) is 4.74 Å². The minimum Gasteiger partial charge on any atom is -0.497 e. The van der Waals surface area contributed by atoms with Crippen molar-refractivity contribution < 1.29 is 9.53 Å². The molecule has 0 saturated carbocycles. The lowest BCUT2D eigenvalue weighted by Gasteiger charge is -2.38. The number of carbonyl (C=O) groups excluding carboxylic acids is 1. The number of ether oxygens (including phenoxy) is 1. The van der Waals surface area contributed by atoms with Crippen molar-refractivity contribution in [2.24, 2.45) is 0 Å². The highest BCUT2D eigenvalue weighted by atomic mass is 16.5. The number of hydrogen-bond donors (Lipinski definition) is 0. The topological polar surface area (TPSA) is 45.7 Å². The maximum Gasteiger partial charge on any atom is 0.253 e. The lowest BCUT2D eigenvalue weighted by molar-refractivity contribution is 0.0717. The first kappa shape index (κ1) is 16.3. The van der Waals surface area contributed by atoms with Crippen LogP contribution < -0.4 is 9.64 Å². The standard InChI is InChI=1S/C19H23N3O2/c1-21(19(23)15-8-10-17(24-2)11-9-15)16-6-5-13-22(14-16)18-7-3-4-12-20-18/h3-4,7-12,16H,5-6,13-14H2,1-2H3. The summed E-state index contributed by atoms with van der Waals surface area (Å²) in [5.74, 6) is 1.78.